The lowest BCUT2D eigenvalue weighted by Gasteiger charge is -2.10. The van der Waals surface area contributed by atoms with Gasteiger partial charge in [0.25, 0.3) is 0 Å². The summed E-state index contributed by atoms with van der Waals surface area (Å²) in [5, 5.41) is 0. The molecule has 8 heavy (non-hydrogen) atoms. The molecule has 0 aromatic carbocycles. The lowest BCUT2D eigenvalue weighted by molar-refractivity contribution is 0.395. The molecule has 0 bridgehead atoms. The third kappa shape index (κ3) is 4.16. The minimum atomic E-state index is 0.699. The fourth-order valence-electron chi connectivity index (χ4n) is 0.456. The monoisotopic (exact) mass is 133 g/mol. The zero-order valence-electron chi connectivity index (χ0n) is 5.23. The number of halogens is 1. The molecule has 0 aliphatic rings. The van der Waals surface area contributed by atoms with Gasteiger partial charge in [-0.15, -0.1) is 18.2 Å². The van der Waals surface area contributed by atoms with Gasteiger partial charge in [0.2, 0.25) is 0 Å². The fraction of sp³-hybridized carbons (Fsp3) is 0.667. The van der Waals surface area contributed by atoms with Crippen LogP contribution < -0.4 is 0 Å². The first kappa shape index (κ1) is 7.99. The normalized spacial score (nSPS) is 9.88. The molecule has 0 fully saturated rings. The summed E-state index contributed by atoms with van der Waals surface area (Å²) in [6.45, 7) is 5.46. The number of hydrogen-bond donors (Lipinski definition) is 0. The molecule has 48 valence electrons. The van der Waals surface area contributed by atoms with Crippen molar-refractivity contribution in [2.45, 2.75) is 0 Å². The Morgan fingerprint density at radius 1 is 1.75 bits per heavy atom. The average molecular weight is 134 g/mol. The van der Waals surface area contributed by atoms with Gasteiger partial charge >= 0.3 is 0 Å². The van der Waals surface area contributed by atoms with Crippen molar-refractivity contribution in [2.75, 3.05) is 26.0 Å². The molecule has 0 aromatic heterocycles. The Hall–Kier alpha value is -0.0100. The molecule has 0 aliphatic carbocycles. The summed E-state index contributed by atoms with van der Waals surface area (Å²) >= 11 is 5.46. The third-order valence-corrected chi connectivity index (χ3v) is 1.08. The van der Waals surface area contributed by atoms with Crippen LogP contribution in [-0.2, 0) is 0 Å². The van der Waals surface area contributed by atoms with Gasteiger partial charge in [-0.25, -0.2) is 0 Å². The summed E-state index contributed by atoms with van der Waals surface area (Å²) in [6, 6.07) is 0. The van der Waals surface area contributed by atoms with Gasteiger partial charge < -0.3 is 4.90 Å². The quantitative estimate of drug-likeness (QED) is 0.413. The standard InChI is InChI=1S/C6H12ClN/c1-3-5-8(2)6-4-7/h3H,1,4-6H2,2H3. The molecule has 0 aromatic rings. The highest BCUT2D eigenvalue weighted by molar-refractivity contribution is 6.18. The molecule has 2 heteroatoms. The van der Waals surface area contributed by atoms with Crippen molar-refractivity contribution in [2.24, 2.45) is 0 Å². The van der Waals surface area contributed by atoms with Crippen LogP contribution >= 0.6 is 11.6 Å². The first-order valence-electron chi connectivity index (χ1n) is 2.66. The van der Waals surface area contributed by atoms with Gasteiger partial charge in [0.1, 0.15) is 0 Å². The summed E-state index contributed by atoms with van der Waals surface area (Å²) < 4.78 is 0. The van der Waals surface area contributed by atoms with Gasteiger partial charge in [-0.3, -0.25) is 0 Å². The highest BCUT2D eigenvalue weighted by atomic mass is 35.5. The first-order chi connectivity index (χ1) is 3.81. The second-order valence-corrected chi connectivity index (χ2v) is 2.12. The largest absolute Gasteiger partial charge is 0.302 e. The summed E-state index contributed by atoms with van der Waals surface area (Å²) in [5.74, 6) is 0.699. The van der Waals surface area contributed by atoms with E-state index in [0.717, 1.165) is 13.1 Å². The van der Waals surface area contributed by atoms with E-state index < -0.39 is 0 Å². The molecule has 0 saturated heterocycles. The van der Waals surface area contributed by atoms with Crippen LogP contribution in [0.1, 0.15) is 0 Å². The van der Waals surface area contributed by atoms with Crippen LogP contribution in [0.5, 0.6) is 0 Å². The van der Waals surface area contributed by atoms with Crippen LogP contribution in [0.4, 0.5) is 0 Å². The Bertz CT molecular complexity index is 63.5. The van der Waals surface area contributed by atoms with E-state index in [1.54, 1.807) is 0 Å². The highest BCUT2D eigenvalue weighted by Crippen LogP contribution is 1.83. The maximum absolute atomic E-state index is 5.46. The zero-order valence-corrected chi connectivity index (χ0v) is 5.99. The molecule has 1 nitrogen and oxygen atoms in total. The van der Waals surface area contributed by atoms with E-state index in [4.69, 9.17) is 11.6 Å². The Morgan fingerprint density at radius 2 is 2.38 bits per heavy atom. The Labute approximate surface area is 55.9 Å². The molecule has 0 amide bonds. The average Bonchev–Trinajstić information content (AvgIpc) is 1.68. The molecule has 0 atom stereocenters. The van der Waals surface area contributed by atoms with E-state index >= 15 is 0 Å². The molecule has 0 aliphatic heterocycles. The van der Waals surface area contributed by atoms with E-state index in [2.05, 4.69) is 11.5 Å². The lowest BCUT2D eigenvalue weighted by Crippen LogP contribution is -2.20. The van der Waals surface area contributed by atoms with Crippen molar-refractivity contribution in [1.82, 2.24) is 4.90 Å². The summed E-state index contributed by atoms with van der Waals surface area (Å²) in [7, 11) is 2.02. The number of nitrogens with zero attached hydrogens (tertiary/aromatic N) is 1. The SMILES string of the molecule is C=CCN(C)CCCl. The van der Waals surface area contributed by atoms with Crippen molar-refractivity contribution in [3.05, 3.63) is 12.7 Å². The van der Waals surface area contributed by atoms with E-state index in [1.165, 1.54) is 0 Å². The molecule has 0 heterocycles. The molecule has 0 N–H and O–H groups in total. The second-order valence-electron chi connectivity index (χ2n) is 1.74. The van der Waals surface area contributed by atoms with Gasteiger partial charge in [-0.05, 0) is 7.05 Å². The smallest absolute Gasteiger partial charge is 0.0351 e. The molecular formula is C6H12ClN. The van der Waals surface area contributed by atoms with Crippen LogP contribution in [-0.4, -0.2) is 30.9 Å². The first-order valence-corrected chi connectivity index (χ1v) is 3.20. The van der Waals surface area contributed by atoms with E-state index in [1.807, 2.05) is 13.1 Å². The summed E-state index contributed by atoms with van der Waals surface area (Å²) in [4.78, 5) is 2.11. The topological polar surface area (TPSA) is 3.24 Å². The van der Waals surface area contributed by atoms with Gasteiger partial charge in [-0.1, -0.05) is 6.08 Å². The minimum absolute atomic E-state index is 0.699. The highest BCUT2D eigenvalue weighted by Gasteiger charge is 1.89. The zero-order chi connectivity index (χ0) is 6.41. The van der Waals surface area contributed by atoms with Gasteiger partial charge in [0.05, 0.1) is 0 Å². The molecule has 0 radical (unpaired) electrons. The maximum atomic E-state index is 5.46. The lowest BCUT2D eigenvalue weighted by atomic mass is 10.5. The fourth-order valence-corrected chi connectivity index (χ4v) is 0.745. The van der Waals surface area contributed by atoms with Crippen LogP contribution in [0.3, 0.4) is 0 Å². The van der Waals surface area contributed by atoms with Crippen LogP contribution in [0.2, 0.25) is 0 Å². The van der Waals surface area contributed by atoms with E-state index in [9.17, 15) is 0 Å². The van der Waals surface area contributed by atoms with Crippen molar-refractivity contribution in [3.8, 4) is 0 Å². The number of alkyl halides is 1. The number of likely N-dealkylation sites (N-methyl/N-ethyl adjacent to an activating group) is 1. The predicted octanol–water partition coefficient (Wildman–Crippen LogP) is 1.34. The number of rotatable bonds is 4. The second kappa shape index (κ2) is 5.13. The van der Waals surface area contributed by atoms with Crippen molar-refractivity contribution in [3.63, 3.8) is 0 Å². The third-order valence-electron chi connectivity index (χ3n) is 0.907. The molecule has 0 unspecified atom stereocenters. The van der Waals surface area contributed by atoms with Crippen molar-refractivity contribution >= 4 is 11.6 Å². The van der Waals surface area contributed by atoms with Gasteiger partial charge in [-0.2, -0.15) is 0 Å². The number of hydrogen-bond acceptors (Lipinski definition) is 1. The van der Waals surface area contributed by atoms with Gasteiger partial charge in [0.15, 0.2) is 0 Å². The van der Waals surface area contributed by atoms with Crippen LogP contribution in [0.25, 0.3) is 0 Å². The van der Waals surface area contributed by atoms with Crippen molar-refractivity contribution < 1.29 is 0 Å². The summed E-state index contributed by atoms with van der Waals surface area (Å²) in [5.41, 5.74) is 0. The van der Waals surface area contributed by atoms with Crippen LogP contribution in [0.15, 0.2) is 12.7 Å². The summed E-state index contributed by atoms with van der Waals surface area (Å²) in [6.07, 6.45) is 1.87. The Kier molecular flexibility index (Phi) is 5.13. The van der Waals surface area contributed by atoms with Gasteiger partial charge in [0, 0.05) is 19.0 Å². The van der Waals surface area contributed by atoms with Crippen LogP contribution in [0, 0.1) is 0 Å². The molecule has 0 rings (SSSR count). The Balaban J connectivity index is 3.03. The Morgan fingerprint density at radius 3 is 2.75 bits per heavy atom. The van der Waals surface area contributed by atoms with Crippen molar-refractivity contribution in [1.29, 1.82) is 0 Å². The molecule has 0 spiro atoms. The molecule has 0 saturated carbocycles. The maximum Gasteiger partial charge on any atom is 0.0351 e. The predicted molar refractivity (Wildman–Crippen MR) is 38.4 cm³/mol. The van der Waals surface area contributed by atoms with E-state index in [-0.39, 0.29) is 0 Å². The minimum Gasteiger partial charge on any atom is -0.302 e. The molecular weight excluding hydrogens is 122 g/mol. The van der Waals surface area contributed by atoms with E-state index in [0.29, 0.717) is 5.88 Å².